The Morgan fingerprint density at radius 3 is 2.53 bits per heavy atom. The molecule has 1 heterocycles. The third-order valence-electron chi connectivity index (χ3n) is 2.67. The van der Waals surface area contributed by atoms with E-state index in [4.69, 9.17) is 9.63 Å². The average Bonchev–Trinajstić information content (AvgIpc) is 2.69. The van der Waals surface area contributed by atoms with Crippen molar-refractivity contribution in [3.8, 4) is 0 Å². The van der Waals surface area contributed by atoms with Crippen LogP contribution in [0.15, 0.2) is 28.8 Å². The van der Waals surface area contributed by atoms with Crippen LogP contribution in [0.25, 0.3) is 0 Å². The molecule has 6 nitrogen and oxygen atoms in total. The molecule has 0 saturated carbocycles. The first-order valence-corrected chi connectivity index (χ1v) is 5.57. The van der Waals surface area contributed by atoms with Crippen molar-refractivity contribution in [1.29, 1.82) is 0 Å². The smallest absolute Gasteiger partial charge is 0.337 e. The largest absolute Gasteiger partial charge is 0.478 e. The molecule has 19 heavy (non-hydrogen) atoms. The van der Waals surface area contributed by atoms with Crippen molar-refractivity contribution in [3.63, 3.8) is 0 Å². The van der Waals surface area contributed by atoms with E-state index in [-0.39, 0.29) is 11.3 Å². The first kappa shape index (κ1) is 12.8. The first-order chi connectivity index (χ1) is 9.00. The molecule has 2 rings (SSSR count). The second-order valence-electron chi connectivity index (χ2n) is 4.00. The number of nitrogens with zero attached hydrogens (tertiary/aromatic N) is 1. The number of rotatable bonds is 3. The van der Waals surface area contributed by atoms with Gasteiger partial charge in [0.25, 0.3) is 5.91 Å². The van der Waals surface area contributed by atoms with Gasteiger partial charge in [-0.2, -0.15) is 0 Å². The Morgan fingerprint density at radius 2 is 1.95 bits per heavy atom. The van der Waals surface area contributed by atoms with Crippen molar-refractivity contribution < 1.29 is 19.2 Å². The number of carboxylic acids is 1. The maximum atomic E-state index is 12.1. The predicted octanol–water partition coefficient (Wildman–Crippen LogP) is 2.24. The molecule has 1 amide bonds. The third kappa shape index (κ3) is 2.47. The van der Waals surface area contributed by atoms with E-state index in [0.717, 1.165) is 0 Å². The van der Waals surface area contributed by atoms with Crippen molar-refractivity contribution in [1.82, 2.24) is 5.16 Å². The molecule has 0 aliphatic carbocycles. The molecule has 1 aromatic heterocycles. The average molecular weight is 260 g/mol. The van der Waals surface area contributed by atoms with E-state index in [0.29, 0.717) is 17.0 Å². The van der Waals surface area contributed by atoms with E-state index in [1.54, 1.807) is 26.0 Å². The molecule has 6 heteroatoms. The number of aryl methyl sites for hydroxylation is 2. The maximum absolute atomic E-state index is 12.1. The SMILES string of the molecule is Cc1noc(C)c1C(=O)Nc1ccccc1C(=O)O. The summed E-state index contributed by atoms with van der Waals surface area (Å²) in [5.41, 5.74) is 1.05. The predicted molar refractivity (Wildman–Crippen MR) is 67.3 cm³/mol. The number of anilines is 1. The zero-order valence-electron chi connectivity index (χ0n) is 10.4. The van der Waals surface area contributed by atoms with Crippen LogP contribution in [0.4, 0.5) is 5.69 Å². The summed E-state index contributed by atoms with van der Waals surface area (Å²) in [5, 5.41) is 15.3. The van der Waals surface area contributed by atoms with Gasteiger partial charge in [0.05, 0.1) is 16.9 Å². The molecule has 0 bridgehead atoms. The molecule has 0 fully saturated rings. The van der Waals surface area contributed by atoms with Gasteiger partial charge < -0.3 is 14.9 Å². The molecule has 2 N–H and O–H groups in total. The molecule has 1 aromatic carbocycles. The van der Waals surface area contributed by atoms with Gasteiger partial charge in [0.15, 0.2) is 0 Å². The normalized spacial score (nSPS) is 10.2. The van der Waals surface area contributed by atoms with Crippen LogP contribution in [0.2, 0.25) is 0 Å². The number of carbonyl (C=O) groups excluding carboxylic acids is 1. The summed E-state index contributed by atoms with van der Waals surface area (Å²) in [7, 11) is 0. The van der Waals surface area contributed by atoms with E-state index in [2.05, 4.69) is 10.5 Å². The summed E-state index contributed by atoms with van der Waals surface area (Å²) < 4.78 is 4.90. The molecule has 98 valence electrons. The maximum Gasteiger partial charge on any atom is 0.337 e. The van der Waals surface area contributed by atoms with Crippen LogP contribution in [0.5, 0.6) is 0 Å². The number of carboxylic acid groups (broad SMARTS) is 1. The quantitative estimate of drug-likeness (QED) is 0.882. The lowest BCUT2D eigenvalue weighted by Gasteiger charge is -2.07. The number of benzene rings is 1. The monoisotopic (exact) mass is 260 g/mol. The lowest BCUT2D eigenvalue weighted by Crippen LogP contribution is -2.16. The van der Waals surface area contributed by atoms with Gasteiger partial charge in [-0.15, -0.1) is 0 Å². The van der Waals surface area contributed by atoms with Crippen molar-refractivity contribution in [2.45, 2.75) is 13.8 Å². The first-order valence-electron chi connectivity index (χ1n) is 5.57. The summed E-state index contributed by atoms with van der Waals surface area (Å²) in [6.45, 7) is 3.27. The lowest BCUT2D eigenvalue weighted by atomic mass is 10.1. The second-order valence-corrected chi connectivity index (χ2v) is 4.00. The van der Waals surface area contributed by atoms with E-state index in [1.165, 1.54) is 12.1 Å². The number of carbonyl (C=O) groups is 2. The van der Waals surface area contributed by atoms with Crippen molar-refractivity contribution in [2.75, 3.05) is 5.32 Å². The number of nitrogens with one attached hydrogen (secondary N) is 1. The van der Waals surface area contributed by atoms with Crippen LogP contribution in [0.1, 0.15) is 32.2 Å². The highest BCUT2D eigenvalue weighted by molar-refractivity contribution is 6.08. The molecule has 0 aliphatic heterocycles. The van der Waals surface area contributed by atoms with E-state index in [9.17, 15) is 9.59 Å². The molecule has 0 atom stereocenters. The molecule has 0 radical (unpaired) electrons. The molecule has 2 aromatic rings. The van der Waals surface area contributed by atoms with Gasteiger partial charge in [0.1, 0.15) is 11.3 Å². The second kappa shape index (κ2) is 4.93. The molecule has 0 unspecified atom stereocenters. The summed E-state index contributed by atoms with van der Waals surface area (Å²) in [5.74, 6) is -1.15. The summed E-state index contributed by atoms with van der Waals surface area (Å²) in [6.07, 6.45) is 0. The number of hydrogen-bond acceptors (Lipinski definition) is 4. The van der Waals surface area contributed by atoms with Gasteiger partial charge in [-0.1, -0.05) is 17.3 Å². The minimum Gasteiger partial charge on any atom is -0.478 e. The zero-order chi connectivity index (χ0) is 14.0. The molecule has 0 aliphatic rings. The fourth-order valence-corrected chi connectivity index (χ4v) is 1.77. The van der Waals surface area contributed by atoms with E-state index < -0.39 is 11.9 Å². The summed E-state index contributed by atoms with van der Waals surface area (Å²) in [6, 6.07) is 6.19. The molecule has 0 spiro atoms. The highest BCUT2D eigenvalue weighted by atomic mass is 16.5. The van der Waals surface area contributed by atoms with Crippen molar-refractivity contribution in [2.24, 2.45) is 0 Å². The lowest BCUT2D eigenvalue weighted by molar-refractivity contribution is 0.0698. The number of amides is 1. The van der Waals surface area contributed by atoms with Crippen LogP contribution < -0.4 is 5.32 Å². The standard InChI is InChI=1S/C13H12N2O4/c1-7-11(8(2)19-15-7)12(16)14-10-6-4-3-5-9(10)13(17)18/h3-6H,1-2H3,(H,14,16)(H,17,18). The number of aromatic nitrogens is 1. The van der Waals surface area contributed by atoms with Crippen molar-refractivity contribution >= 4 is 17.6 Å². The van der Waals surface area contributed by atoms with Gasteiger partial charge in [0.2, 0.25) is 0 Å². The Balaban J connectivity index is 2.32. The fourth-order valence-electron chi connectivity index (χ4n) is 1.77. The highest BCUT2D eigenvalue weighted by Gasteiger charge is 2.19. The van der Waals surface area contributed by atoms with Crippen LogP contribution in [0, 0.1) is 13.8 Å². The van der Waals surface area contributed by atoms with Gasteiger partial charge >= 0.3 is 5.97 Å². The van der Waals surface area contributed by atoms with Gasteiger partial charge in [-0.3, -0.25) is 4.79 Å². The Bertz CT molecular complexity index is 626. The van der Waals surface area contributed by atoms with Crippen molar-refractivity contribution in [3.05, 3.63) is 46.8 Å². The molecular weight excluding hydrogens is 248 g/mol. The van der Waals surface area contributed by atoms with Crippen LogP contribution in [0.3, 0.4) is 0 Å². The minimum absolute atomic E-state index is 0.0302. The number of aromatic carboxylic acids is 1. The van der Waals surface area contributed by atoms with Crippen LogP contribution >= 0.6 is 0 Å². The topological polar surface area (TPSA) is 92.4 Å². The molecule has 0 saturated heterocycles. The van der Waals surface area contributed by atoms with Crippen LogP contribution in [-0.2, 0) is 0 Å². The Morgan fingerprint density at radius 1 is 1.26 bits per heavy atom. The number of para-hydroxylation sites is 1. The number of hydrogen-bond donors (Lipinski definition) is 2. The van der Waals surface area contributed by atoms with Gasteiger partial charge in [-0.05, 0) is 26.0 Å². The van der Waals surface area contributed by atoms with E-state index >= 15 is 0 Å². The highest BCUT2D eigenvalue weighted by Crippen LogP contribution is 2.18. The summed E-state index contributed by atoms with van der Waals surface area (Å²) >= 11 is 0. The van der Waals surface area contributed by atoms with Gasteiger partial charge in [-0.25, -0.2) is 4.79 Å². The Hall–Kier alpha value is -2.63. The Labute approximate surface area is 109 Å². The van der Waals surface area contributed by atoms with E-state index in [1.807, 2.05) is 0 Å². The third-order valence-corrected chi connectivity index (χ3v) is 2.67. The minimum atomic E-state index is -1.10. The fraction of sp³-hybridized carbons (Fsp3) is 0.154. The zero-order valence-corrected chi connectivity index (χ0v) is 10.4. The van der Waals surface area contributed by atoms with Crippen LogP contribution in [-0.4, -0.2) is 22.1 Å². The molecular formula is C13H12N2O4. The Kier molecular flexibility index (Phi) is 3.33. The summed E-state index contributed by atoms with van der Waals surface area (Å²) in [4.78, 5) is 23.1. The van der Waals surface area contributed by atoms with Gasteiger partial charge in [0, 0.05) is 0 Å².